The van der Waals surface area contributed by atoms with Gasteiger partial charge < -0.3 is 20.3 Å². The Bertz CT molecular complexity index is 664. The molecule has 0 bridgehead atoms. The zero-order chi connectivity index (χ0) is 19.5. The van der Waals surface area contributed by atoms with Gasteiger partial charge in [-0.25, -0.2) is 9.59 Å². The van der Waals surface area contributed by atoms with Crippen molar-refractivity contribution in [3.8, 4) is 0 Å². The molecule has 1 aliphatic carbocycles. The van der Waals surface area contributed by atoms with Gasteiger partial charge in [0.05, 0.1) is 0 Å². The molecular weight excluding hydrogens is 344 g/mol. The maximum atomic E-state index is 12.2. The highest BCUT2D eigenvalue weighted by atomic mass is 16.6. The molecule has 1 atom stereocenters. The van der Waals surface area contributed by atoms with Gasteiger partial charge >= 0.3 is 12.1 Å². The molecule has 0 aromatic carbocycles. The van der Waals surface area contributed by atoms with Crippen molar-refractivity contribution >= 4 is 12.1 Å². The predicted molar refractivity (Wildman–Crippen MR) is 102 cm³/mol. The monoisotopic (exact) mass is 374 g/mol. The fourth-order valence-electron chi connectivity index (χ4n) is 3.76. The van der Waals surface area contributed by atoms with Crippen LogP contribution in [0.1, 0.15) is 45.6 Å². The highest BCUT2D eigenvalue weighted by Gasteiger charge is 2.55. The lowest BCUT2D eigenvalue weighted by Gasteiger charge is -2.34. The fourth-order valence-corrected chi connectivity index (χ4v) is 3.76. The number of urea groups is 1. The molecule has 2 aliphatic rings. The minimum atomic E-state index is -0.457. The van der Waals surface area contributed by atoms with Crippen LogP contribution in [0.3, 0.4) is 0 Å². The Hall–Kier alpha value is -2.31. The second-order valence-electron chi connectivity index (χ2n) is 8.66. The first kappa shape index (κ1) is 19.5. The maximum Gasteiger partial charge on any atom is 0.410 e. The van der Waals surface area contributed by atoms with Crippen LogP contribution in [0.5, 0.6) is 0 Å². The zero-order valence-corrected chi connectivity index (χ0v) is 16.5. The average Bonchev–Trinajstić information content (AvgIpc) is 3.30. The number of pyridine rings is 1. The lowest BCUT2D eigenvalue weighted by atomic mass is 9.91. The second kappa shape index (κ2) is 7.74. The predicted octanol–water partition coefficient (Wildman–Crippen LogP) is 2.92. The van der Waals surface area contributed by atoms with Gasteiger partial charge in [-0.15, -0.1) is 0 Å². The summed E-state index contributed by atoms with van der Waals surface area (Å²) in [5.41, 5.74) is 0.807. The molecule has 1 unspecified atom stereocenters. The first-order chi connectivity index (χ1) is 12.8. The van der Waals surface area contributed by atoms with E-state index >= 15 is 0 Å². The highest BCUT2D eigenvalue weighted by molar-refractivity contribution is 5.73. The first-order valence-electron chi connectivity index (χ1n) is 9.66. The van der Waals surface area contributed by atoms with Gasteiger partial charge in [-0.1, -0.05) is 6.07 Å². The molecule has 2 fully saturated rings. The van der Waals surface area contributed by atoms with Crippen LogP contribution in [-0.4, -0.2) is 47.2 Å². The van der Waals surface area contributed by atoms with Crippen LogP contribution in [0.2, 0.25) is 0 Å². The quantitative estimate of drug-likeness (QED) is 0.849. The molecule has 1 aromatic heterocycles. The zero-order valence-electron chi connectivity index (χ0n) is 16.5. The molecule has 3 amide bonds. The molecule has 1 aromatic rings. The van der Waals surface area contributed by atoms with E-state index in [4.69, 9.17) is 4.74 Å². The molecule has 0 radical (unpaired) electrons. The van der Waals surface area contributed by atoms with Gasteiger partial charge in [-0.05, 0) is 63.0 Å². The Balaban J connectivity index is 1.35. The van der Waals surface area contributed by atoms with E-state index in [0.29, 0.717) is 19.0 Å². The maximum absolute atomic E-state index is 12.2. The summed E-state index contributed by atoms with van der Waals surface area (Å²) in [7, 11) is 0. The van der Waals surface area contributed by atoms with Crippen molar-refractivity contribution in [1.82, 2.24) is 20.5 Å². The molecule has 148 valence electrons. The van der Waals surface area contributed by atoms with Crippen molar-refractivity contribution in [3.63, 3.8) is 0 Å². The number of amides is 3. The lowest BCUT2D eigenvalue weighted by molar-refractivity contribution is 0.0166. The van der Waals surface area contributed by atoms with Crippen molar-refractivity contribution in [3.05, 3.63) is 30.1 Å². The topological polar surface area (TPSA) is 83.6 Å². The highest BCUT2D eigenvalue weighted by Crippen LogP contribution is 2.59. The molecular formula is C20H30N4O3. The molecule has 7 heteroatoms. The third-order valence-electron chi connectivity index (χ3n) is 5.45. The number of carbonyl (C=O) groups is 2. The summed E-state index contributed by atoms with van der Waals surface area (Å²) in [6.07, 6.45) is 6.32. The molecule has 7 nitrogen and oxygen atoms in total. The van der Waals surface area contributed by atoms with Gasteiger partial charge in [-0.2, -0.15) is 0 Å². The Labute approximate surface area is 160 Å². The van der Waals surface area contributed by atoms with Crippen LogP contribution in [0.25, 0.3) is 0 Å². The number of hydrogen-bond donors (Lipinski definition) is 2. The van der Waals surface area contributed by atoms with Gasteiger partial charge in [-0.3, -0.25) is 4.98 Å². The van der Waals surface area contributed by atoms with E-state index in [0.717, 1.165) is 37.9 Å². The van der Waals surface area contributed by atoms with E-state index in [-0.39, 0.29) is 17.5 Å². The van der Waals surface area contributed by atoms with E-state index in [1.54, 1.807) is 17.3 Å². The van der Waals surface area contributed by atoms with Crippen molar-refractivity contribution in [2.75, 3.05) is 19.6 Å². The van der Waals surface area contributed by atoms with Gasteiger partial charge in [0.1, 0.15) is 5.60 Å². The van der Waals surface area contributed by atoms with Gasteiger partial charge in [0.15, 0.2) is 0 Å². The van der Waals surface area contributed by atoms with Crippen molar-refractivity contribution < 1.29 is 14.3 Å². The Morgan fingerprint density at radius 1 is 1.30 bits per heavy atom. The molecule has 2 heterocycles. The smallest absolute Gasteiger partial charge is 0.410 e. The molecule has 3 rings (SSSR count). The van der Waals surface area contributed by atoms with E-state index in [2.05, 4.69) is 15.6 Å². The first-order valence-corrected chi connectivity index (χ1v) is 9.66. The number of rotatable bonds is 4. The SMILES string of the molecule is CC(C)(C)OC(=O)N1CCC2(CC1)CC2CNC(=O)NCc1cccnc1. The van der Waals surface area contributed by atoms with E-state index < -0.39 is 5.60 Å². The van der Waals surface area contributed by atoms with Crippen LogP contribution >= 0.6 is 0 Å². The number of carbonyl (C=O) groups excluding carboxylic acids is 2. The second-order valence-corrected chi connectivity index (χ2v) is 8.66. The average molecular weight is 374 g/mol. The summed E-state index contributed by atoms with van der Waals surface area (Å²) in [4.78, 5) is 30.0. The van der Waals surface area contributed by atoms with Gasteiger partial charge in [0.2, 0.25) is 0 Å². The normalized spacial score (nSPS) is 20.9. The minimum absolute atomic E-state index is 0.146. The number of nitrogens with one attached hydrogen (secondary N) is 2. The summed E-state index contributed by atoms with van der Waals surface area (Å²) >= 11 is 0. The van der Waals surface area contributed by atoms with Crippen molar-refractivity contribution in [2.24, 2.45) is 11.3 Å². The summed E-state index contributed by atoms with van der Waals surface area (Å²) < 4.78 is 5.45. The van der Waals surface area contributed by atoms with Gasteiger partial charge in [0, 0.05) is 38.6 Å². The van der Waals surface area contributed by atoms with Gasteiger partial charge in [0.25, 0.3) is 0 Å². The summed E-state index contributed by atoms with van der Waals surface area (Å²) in [6.45, 7) is 8.29. The van der Waals surface area contributed by atoms with E-state index in [1.165, 1.54) is 0 Å². The van der Waals surface area contributed by atoms with Crippen LogP contribution in [0.4, 0.5) is 9.59 Å². The molecule has 1 spiro atoms. The Morgan fingerprint density at radius 2 is 2.04 bits per heavy atom. The third-order valence-corrected chi connectivity index (χ3v) is 5.45. The van der Waals surface area contributed by atoms with Crippen molar-refractivity contribution in [1.29, 1.82) is 0 Å². The Kier molecular flexibility index (Phi) is 5.58. The van der Waals surface area contributed by atoms with E-state index in [9.17, 15) is 9.59 Å². The summed E-state index contributed by atoms with van der Waals surface area (Å²) in [5, 5.41) is 5.83. The lowest BCUT2D eigenvalue weighted by Crippen LogP contribution is -2.43. The van der Waals surface area contributed by atoms with Crippen LogP contribution < -0.4 is 10.6 Å². The summed E-state index contributed by atoms with van der Waals surface area (Å²) in [5.74, 6) is 0.502. The number of hydrogen-bond acceptors (Lipinski definition) is 4. The van der Waals surface area contributed by atoms with Crippen molar-refractivity contribution in [2.45, 2.75) is 52.2 Å². The molecule has 2 N–H and O–H groups in total. The molecule has 27 heavy (non-hydrogen) atoms. The van der Waals surface area contributed by atoms with Crippen LogP contribution in [-0.2, 0) is 11.3 Å². The molecule has 1 aliphatic heterocycles. The Morgan fingerprint density at radius 3 is 2.67 bits per heavy atom. The number of likely N-dealkylation sites (tertiary alicyclic amines) is 1. The molecule has 1 saturated heterocycles. The fraction of sp³-hybridized carbons (Fsp3) is 0.650. The third kappa shape index (κ3) is 5.34. The minimum Gasteiger partial charge on any atom is -0.444 e. The van der Waals surface area contributed by atoms with Crippen LogP contribution in [0.15, 0.2) is 24.5 Å². The summed E-state index contributed by atoms with van der Waals surface area (Å²) in [6, 6.07) is 3.64. The number of ether oxygens (including phenoxy) is 1. The molecule has 1 saturated carbocycles. The van der Waals surface area contributed by atoms with Crippen LogP contribution in [0, 0.1) is 11.3 Å². The largest absolute Gasteiger partial charge is 0.444 e. The number of piperidine rings is 1. The van der Waals surface area contributed by atoms with E-state index in [1.807, 2.05) is 32.9 Å². The number of aromatic nitrogens is 1. The standard InChI is InChI=1S/C20H30N4O3/c1-19(2,3)27-18(26)24-9-6-20(7-10-24)11-16(20)14-23-17(25)22-13-15-5-4-8-21-12-15/h4-5,8,12,16H,6-7,9-11,13-14H2,1-3H3,(H2,22,23,25). The number of nitrogens with zero attached hydrogens (tertiary/aromatic N) is 2.